The Balaban J connectivity index is 2.63. The third kappa shape index (κ3) is 4.41. The predicted molar refractivity (Wildman–Crippen MR) is 87.6 cm³/mol. The molecule has 2 rings (SSSR count). The number of halogens is 4. The average Bonchev–Trinajstić information content (AvgIpc) is 2.58. The number of methoxy groups -OCH3 is 1. The van der Waals surface area contributed by atoms with Crippen molar-refractivity contribution in [1.29, 1.82) is 0 Å². The molecule has 25 heavy (non-hydrogen) atoms. The van der Waals surface area contributed by atoms with Crippen LogP contribution in [0, 0.1) is 0 Å². The van der Waals surface area contributed by atoms with Gasteiger partial charge in [-0.2, -0.15) is 13.2 Å². The van der Waals surface area contributed by atoms with E-state index in [1.165, 1.54) is 31.4 Å². The van der Waals surface area contributed by atoms with Gasteiger partial charge >= 0.3 is 12.1 Å². The number of aromatic nitrogens is 1. The highest BCUT2D eigenvalue weighted by Gasteiger charge is 2.29. The number of pyridine rings is 1. The monoisotopic (exact) mass is 419 g/mol. The lowest BCUT2D eigenvalue weighted by Crippen LogP contribution is -2.25. The maximum atomic E-state index is 12.5. The van der Waals surface area contributed by atoms with E-state index in [1.807, 2.05) is 0 Å². The summed E-state index contributed by atoms with van der Waals surface area (Å²) in [4.78, 5) is 24.2. The second-order valence-electron chi connectivity index (χ2n) is 4.86. The standard InChI is InChI=1S/C16H13BrF3NO4/c1-24-15(23)10-6-7-14(22)21(12(10)8-17)11-4-2-3-5-13(11)25-9-16(18,19)20/h2-7H,8-9H2,1H3. The normalized spacial score (nSPS) is 11.2. The molecule has 0 aliphatic heterocycles. The van der Waals surface area contributed by atoms with Crippen LogP contribution in [0.2, 0.25) is 0 Å². The van der Waals surface area contributed by atoms with Gasteiger partial charge in [-0.15, -0.1) is 0 Å². The molecule has 1 aromatic heterocycles. The summed E-state index contributed by atoms with van der Waals surface area (Å²) in [6.07, 6.45) is -4.52. The molecule has 0 saturated heterocycles. The second kappa shape index (κ2) is 7.73. The van der Waals surface area contributed by atoms with Gasteiger partial charge in [0, 0.05) is 11.4 Å². The van der Waals surface area contributed by atoms with E-state index >= 15 is 0 Å². The van der Waals surface area contributed by atoms with Crippen molar-refractivity contribution in [2.45, 2.75) is 11.5 Å². The molecule has 0 aliphatic carbocycles. The van der Waals surface area contributed by atoms with Crippen LogP contribution in [0.25, 0.3) is 5.69 Å². The quantitative estimate of drug-likeness (QED) is 0.550. The van der Waals surface area contributed by atoms with Gasteiger partial charge in [0.15, 0.2) is 6.61 Å². The fourth-order valence-corrected chi connectivity index (χ4v) is 2.75. The summed E-state index contributed by atoms with van der Waals surface area (Å²) in [5.74, 6) is -0.803. The third-order valence-corrected chi connectivity index (χ3v) is 3.75. The number of ether oxygens (including phenoxy) is 2. The Morgan fingerprint density at radius 3 is 2.48 bits per heavy atom. The second-order valence-corrected chi connectivity index (χ2v) is 5.42. The van der Waals surface area contributed by atoms with Gasteiger partial charge in [-0.05, 0) is 18.2 Å². The number of benzene rings is 1. The van der Waals surface area contributed by atoms with Crippen LogP contribution >= 0.6 is 15.9 Å². The van der Waals surface area contributed by atoms with Gasteiger partial charge in [-0.25, -0.2) is 4.79 Å². The summed E-state index contributed by atoms with van der Waals surface area (Å²) in [5.41, 5.74) is -0.0749. The highest BCUT2D eigenvalue weighted by molar-refractivity contribution is 9.08. The molecule has 134 valence electrons. The smallest absolute Gasteiger partial charge is 0.422 e. The zero-order valence-corrected chi connectivity index (χ0v) is 14.6. The molecular formula is C16H13BrF3NO4. The highest BCUT2D eigenvalue weighted by Crippen LogP contribution is 2.27. The van der Waals surface area contributed by atoms with E-state index < -0.39 is 24.3 Å². The first kappa shape index (κ1) is 19.0. The van der Waals surface area contributed by atoms with Crippen molar-refractivity contribution in [3.05, 3.63) is 58.0 Å². The highest BCUT2D eigenvalue weighted by atomic mass is 79.9. The van der Waals surface area contributed by atoms with Crippen molar-refractivity contribution in [2.75, 3.05) is 13.7 Å². The van der Waals surface area contributed by atoms with E-state index in [1.54, 1.807) is 6.07 Å². The molecule has 0 fully saturated rings. The number of nitrogens with zero attached hydrogens (tertiary/aromatic N) is 1. The van der Waals surface area contributed by atoms with E-state index in [2.05, 4.69) is 20.7 Å². The molecule has 0 bridgehead atoms. The van der Waals surface area contributed by atoms with Crippen LogP contribution in [-0.4, -0.2) is 30.4 Å². The van der Waals surface area contributed by atoms with Crippen LogP contribution in [0.4, 0.5) is 13.2 Å². The average molecular weight is 420 g/mol. The van der Waals surface area contributed by atoms with Gasteiger partial charge in [0.1, 0.15) is 5.75 Å². The van der Waals surface area contributed by atoms with Gasteiger partial charge in [-0.3, -0.25) is 9.36 Å². The van der Waals surface area contributed by atoms with E-state index in [-0.39, 0.29) is 28.0 Å². The molecule has 2 aromatic rings. The van der Waals surface area contributed by atoms with Gasteiger partial charge in [0.05, 0.1) is 24.1 Å². The molecule has 0 unspecified atom stereocenters. The van der Waals surface area contributed by atoms with E-state index in [4.69, 9.17) is 4.74 Å². The number of esters is 1. The van der Waals surface area contributed by atoms with Crippen LogP contribution in [-0.2, 0) is 10.1 Å². The molecular weight excluding hydrogens is 407 g/mol. The first-order valence-electron chi connectivity index (χ1n) is 6.96. The molecule has 0 radical (unpaired) electrons. The van der Waals surface area contributed by atoms with Crippen molar-refractivity contribution < 1.29 is 27.4 Å². The molecule has 1 heterocycles. The van der Waals surface area contributed by atoms with Crippen molar-refractivity contribution in [3.63, 3.8) is 0 Å². The van der Waals surface area contributed by atoms with Crippen molar-refractivity contribution in [3.8, 4) is 11.4 Å². The van der Waals surface area contributed by atoms with Gasteiger partial charge in [-0.1, -0.05) is 28.1 Å². The van der Waals surface area contributed by atoms with Gasteiger partial charge in [0.25, 0.3) is 5.56 Å². The Labute approximate surface area is 149 Å². The summed E-state index contributed by atoms with van der Waals surface area (Å²) in [5, 5.41) is 0.0983. The Bertz CT molecular complexity index is 833. The number of rotatable bonds is 5. The Morgan fingerprint density at radius 1 is 1.20 bits per heavy atom. The molecule has 0 saturated carbocycles. The number of carbonyl (C=O) groups is 1. The molecule has 0 aliphatic rings. The van der Waals surface area contributed by atoms with Crippen molar-refractivity contribution in [1.82, 2.24) is 4.57 Å². The topological polar surface area (TPSA) is 57.5 Å². The minimum Gasteiger partial charge on any atom is -0.482 e. The van der Waals surface area contributed by atoms with Crippen LogP contribution < -0.4 is 10.3 Å². The Kier molecular flexibility index (Phi) is 5.89. The lowest BCUT2D eigenvalue weighted by Gasteiger charge is -2.18. The maximum Gasteiger partial charge on any atom is 0.422 e. The first-order chi connectivity index (χ1) is 11.8. The number of carbonyl (C=O) groups excluding carboxylic acids is 1. The summed E-state index contributed by atoms with van der Waals surface area (Å²) >= 11 is 3.20. The third-order valence-electron chi connectivity index (χ3n) is 3.22. The summed E-state index contributed by atoms with van der Waals surface area (Å²) in [6.45, 7) is -1.50. The Morgan fingerprint density at radius 2 is 1.88 bits per heavy atom. The lowest BCUT2D eigenvalue weighted by molar-refractivity contribution is -0.153. The largest absolute Gasteiger partial charge is 0.482 e. The zero-order valence-electron chi connectivity index (χ0n) is 13.0. The number of alkyl halides is 4. The predicted octanol–water partition coefficient (Wildman–Crippen LogP) is 3.46. The van der Waals surface area contributed by atoms with Crippen molar-refractivity contribution >= 4 is 21.9 Å². The van der Waals surface area contributed by atoms with Crippen LogP contribution in [0.5, 0.6) is 5.75 Å². The molecule has 0 N–H and O–H groups in total. The van der Waals surface area contributed by atoms with E-state index in [0.29, 0.717) is 0 Å². The fourth-order valence-electron chi connectivity index (χ4n) is 2.19. The van der Waals surface area contributed by atoms with Crippen LogP contribution in [0.1, 0.15) is 16.1 Å². The summed E-state index contributed by atoms with van der Waals surface area (Å²) < 4.78 is 48.0. The minimum absolute atomic E-state index is 0.0944. The molecule has 5 nitrogen and oxygen atoms in total. The fraction of sp³-hybridized carbons (Fsp3) is 0.250. The van der Waals surface area contributed by atoms with Crippen molar-refractivity contribution in [2.24, 2.45) is 0 Å². The lowest BCUT2D eigenvalue weighted by atomic mass is 10.1. The molecule has 0 atom stereocenters. The molecule has 0 spiro atoms. The number of para-hydroxylation sites is 2. The number of hydrogen-bond donors (Lipinski definition) is 0. The first-order valence-corrected chi connectivity index (χ1v) is 8.09. The summed E-state index contributed by atoms with van der Waals surface area (Å²) in [7, 11) is 1.19. The van der Waals surface area contributed by atoms with Gasteiger partial charge in [0.2, 0.25) is 0 Å². The van der Waals surface area contributed by atoms with Crippen LogP contribution in [0.3, 0.4) is 0 Å². The molecule has 0 amide bonds. The van der Waals surface area contributed by atoms with E-state index in [0.717, 1.165) is 10.6 Å². The summed E-state index contributed by atoms with van der Waals surface area (Å²) in [6, 6.07) is 8.22. The van der Waals surface area contributed by atoms with E-state index in [9.17, 15) is 22.8 Å². The molecule has 1 aromatic carbocycles. The number of hydrogen-bond acceptors (Lipinski definition) is 4. The molecule has 9 heteroatoms. The Hall–Kier alpha value is -2.29. The minimum atomic E-state index is -4.52. The zero-order chi connectivity index (χ0) is 18.6. The maximum absolute atomic E-state index is 12.5. The SMILES string of the molecule is COC(=O)c1ccc(=O)n(-c2ccccc2OCC(F)(F)F)c1CBr. The van der Waals surface area contributed by atoms with Gasteiger partial charge < -0.3 is 9.47 Å². The van der Waals surface area contributed by atoms with Crippen LogP contribution in [0.15, 0.2) is 41.2 Å².